The molecule has 16 heavy (non-hydrogen) atoms. The molecule has 1 aromatic carbocycles. The van der Waals surface area contributed by atoms with E-state index in [0.29, 0.717) is 0 Å². The molecule has 0 spiro atoms. The van der Waals surface area contributed by atoms with E-state index < -0.39 is 11.6 Å². The van der Waals surface area contributed by atoms with Crippen LogP contribution in [0.15, 0.2) is 18.2 Å². The summed E-state index contributed by atoms with van der Waals surface area (Å²) in [7, 11) is 1.69. The van der Waals surface area contributed by atoms with Crippen LogP contribution in [0.3, 0.4) is 0 Å². The lowest BCUT2D eigenvalue weighted by Crippen LogP contribution is -2.20. The smallest absolute Gasteiger partial charge is 0.126 e. The lowest BCUT2D eigenvalue weighted by Gasteiger charge is -2.28. The van der Waals surface area contributed by atoms with Crippen molar-refractivity contribution in [3.8, 4) is 0 Å². The fraction of sp³-hybridized carbons (Fsp3) is 0.538. The Labute approximate surface area is 94.4 Å². The second-order valence-corrected chi connectivity index (χ2v) is 4.42. The van der Waals surface area contributed by atoms with Crippen LogP contribution in [0.25, 0.3) is 0 Å². The SMILES string of the molecule is COC1CCCC(c2cc(F)cc(F)c2)C1. The molecule has 1 fully saturated rings. The summed E-state index contributed by atoms with van der Waals surface area (Å²) in [5, 5.41) is 0. The zero-order valence-corrected chi connectivity index (χ0v) is 9.38. The molecule has 0 saturated heterocycles. The van der Waals surface area contributed by atoms with E-state index in [1.807, 2.05) is 0 Å². The minimum atomic E-state index is -0.491. The highest BCUT2D eigenvalue weighted by Crippen LogP contribution is 2.34. The van der Waals surface area contributed by atoms with Gasteiger partial charge in [0.1, 0.15) is 11.6 Å². The maximum atomic E-state index is 13.1. The highest BCUT2D eigenvalue weighted by molar-refractivity contribution is 5.22. The Morgan fingerprint density at radius 1 is 1.12 bits per heavy atom. The van der Waals surface area contributed by atoms with Crippen LogP contribution in [-0.2, 0) is 4.74 Å². The molecule has 1 saturated carbocycles. The molecule has 0 bridgehead atoms. The van der Waals surface area contributed by atoms with Gasteiger partial charge < -0.3 is 4.74 Å². The standard InChI is InChI=1S/C13H16F2O/c1-16-13-4-2-3-9(7-13)10-5-11(14)8-12(15)6-10/h5-6,8-9,13H,2-4,7H2,1H3. The molecule has 1 aliphatic rings. The van der Waals surface area contributed by atoms with Gasteiger partial charge >= 0.3 is 0 Å². The molecule has 1 nitrogen and oxygen atoms in total. The average molecular weight is 226 g/mol. The minimum Gasteiger partial charge on any atom is -0.381 e. The molecule has 0 heterocycles. The molecule has 0 radical (unpaired) electrons. The first-order chi connectivity index (χ1) is 7.69. The van der Waals surface area contributed by atoms with Crippen molar-refractivity contribution in [3.63, 3.8) is 0 Å². The zero-order chi connectivity index (χ0) is 11.5. The maximum Gasteiger partial charge on any atom is 0.126 e. The Kier molecular flexibility index (Phi) is 3.54. The fourth-order valence-corrected chi connectivity index (χ4v) is 2.47. The molecule has 2 rings (SSSR count). The fourth-order valence-electron chi connectivity index (χ4n) is 2.47. The van der Waals surface area contributed by atoms with E-state index in [1.54, 1.807) is 7.11 Å². The summed E-state index contributed by atoms with van der Waals surface area (Å²) < 4.78 is 31.5. The first-order valence-corrected chi connectivity index (χ1v) is 5.68. The lowest BCUT2D eigenvalue weighted by atomic mass is 9.82. The molecule has 0 aliphatic heterocycles. The van der Waals surface area contributed by atoms with Gasteiger partial charge in [-0.2, -0.15) is 0 Å². The van der Waals surface area contributed by atoms with E-state index in [4.69, 9.17) is 4.74 Å². The summed E-state index contributed by atoms with van der Waals surface area (Å²) >= 11 is 0. The topological polar surface area (TPSA) is 9.23 Å². The third-order valence-electron chi connectivity index (χ3n) is 3.32. The Hall–Kier alpha value is -0.960. The van der Waals surface area contributed by atoms with Crippen LogP contribution >= 0.6 is 0 Å². The maximum absolute atomic E-state index is 13.1. The normalized spacial score (nSPS) is 25.7. The predicted octanol–water partition coefficient (Wildman–Crippen LogP) is 3.64. The van der Waals surface area contributed by atoms with Crippen molar-refractivity contribution in [2.75, 3.05) is 7.11 Å². The summed E-state index contributed by atoms with van der Waals surface area (Å²) in [4.78, 5) is 0. The van der Waals surface area contributed by atoms with Crippen LogP contribution in [-0.4, -0.2) is 13.2 Å². The van der Waals surface area contributed by atoms with E-state index in [1.165, 1.54) is 12.1 Å². The van der Waals surface area contributed by atoms with Crippen LogP contribution in [0.5, 0.6) is 0 Å². The summed E-state index contributed by atoms with van der Waals surface area (Å²) in [6.07, 6.45) is 4.18. The molecule has 1 aromatic rings. The van der Waals surface area contributed by atoms with Crippen LogP contribution in [0, 0.1) is 11.6 Å². The third kappa shape index (κ3) is 2.59. The molecule has 3 heteroatoms. The summed E-state index contributed by atoms with van der Waals surface area (Å²) in [6.45, 7) is 0. The Morgan fingerprint density at radius 3 is 2.44 bits per heavy atom. The Bertz CT molecular complexity index is 345. The van der Waals surface area contributed by atoms with E-state index in [-0.39, 0.29) is 12.0 Å². The molecule has 88 valence electrons. The molecular weight excluding hydrogens is 210 g/mol. The van der Waals surface area contributed by atoms with Gasteiger partial charge in [0.2, 0.25) is 0 Å². The number of halogens is 2. The molecule has 1 aliphatic carbocycles. The zero-order valence-electron chi connectivity index (χ0n) is 9.38. The van der Waals surface area contributed by atoms with Crippen LogP contribution < -0.4 is 0 Å². The molecule has 2 atom stereocenters. The number of rotatable bonds is 2. The van der Waals surface area contributed by atoms with Gasteiger partial charge in [-0.1, -0.05) is 6.42 Å². The number of benzene rings is 1. The average Bonchev–Trinajstić information content (AvgIpc) is 2.28. The van der Waals surface area contributed by atoms with Gasteiger partial charge in [-0.25, -0.2) is 8.78 Å². The van der Waals surface area contributed by atoms with E-state index in [0.717, 1.165) is 37.3 Å². The van der Waals surface area contributed by atoms with Crippen molar-refractivity contribution in [2.45, 2.75) is 37.7 Å². The molecule has 2 unspecified atom stereocenters. The Balaban J connectivity index is 2.16. The first-order valence-electron chi connectivity index (χ1n) is 5.68. The van der Waals surface area contributed by atoms with Gasteiger partial charge in [-0.3, -0.25) is 0 Å². The molecule has 0 aromatic heterocycles. The van der Waals surface area contributed by atoms with Crippen LogP contribution in [0.1, 0.15) is 37.2 Å². The largest absolute Gasteiger partial charge is 0.381 e. The highest BCUT2D eigenvalue weighted by atomic mass is 19.1. The summed E-state index contributed by atoms with van der Waals surface area (Å²) in [6, 6.07) is 3.79. The van der Waals surface area contributed by atoms with Gasteiger partial charge in [0.25, 0.3) is 0 Å². The van der Waals surface area contributed by atoms with Crippen molar-refractivity contribution >= 4 is 0 Å². The van der Waals surface area contributed by atoms with E-state index in [2.05, 4.69) is 0 Å². The van der Waals surface area contributed by atoms with Gasteiger partial charge in [0, 0.05) is 13.2 Å². The van der Waals surface area contributed by atoms with Crippen molar-refractivity contribution in [3.05, 3.63) is 35.4 Å². The summed E-state index contributed by atoms with van der Waals surface area (Å²) in [5.41, 5.74) is 0.763. The quantitative estimate of drug-likeness (QED) is 0.748. The van der Waals surface area contributed by atoms with Crippen LogP contribution in [0.4, 0.5) is 8.78 Å². The van der Waals surface area contributed by atoms with Gasteiger partial charge in [-0.05, 0) is 42.9 Å². The number of methoxy groups -OCH3 is 1. The highest BCUT2D eigenvalue weighted by Gasteiger charge is 2.23. The van der Waals surface area contributed by atoms with Gasteiger partial charge in [-0.15, -0.1) is 0 Å². The van der Waals surface area contributed by atoms with Crippen molar-refractivity contribution in [2.24, 2.45) is 0 Å². The van der Waals surface area contributed by atoms with E-state index in [9.17, 15) is 8.78 Å². The number of hydrogen-bond acceptors (Lipinski definition) is 1. The van der Waals surface area contributed by atoms with Gasteiger partial charge in [0.05, 0.1) is 6.10 Å². The monoisotopic (exact) mass is 226 g/mol. The Morgan fingerprint density at radius 2 is 1.81 bits per heavy atom. The van der Waals surface area contributed by atoms with Crippen molar-refractivity contribution < 1.29 is 13.5 Å². The molecule has 0 amide bonds. The van der Waals surface area contributed by atoms with Gasteiger partial charge in [0.15, 0.2) is 0 Å². The second kappa shape index (κ2) is 4.91. The minimum absolute atomic E-state index is 0.226. The second-order valence-electron chi connectivity index (χ2n) is 4.42. The summed E-state index contributed by atoms with van der Waals surface area (Å²) in [5.74, 6) is -0.756. The van der Waals surface area contributed by atoms with E-state index >= 15 is 0 Å². The lowest BCUT2D eigenvalue weighted by molar-refractivity contribution is 0.0634. The first kappa shape index (κ1) is 11.5. The third-order valence-corrected chi connectivity index (χ3v) is 3.32. The molecule has 0 N–H and O–H groups in total. The predicted molar refractivity (Wildman–Crippen MR) is 58.4 cm³/mol. The van der Waals surface area contributed by atoms with Crippen molar-refractivity contribution in [1.29, 1.82) is 0 Å². The number of ether oxygens (including phenoxy) is 1. The molecular formula is C13H16F2O. The van der Waals surface area contributed by atoms with Crippen molar-refractivity contribution in [1.82, 2.24) is 0 Å². The number of hydrogen-bond donors (Lipinski definition) is 0. The van der Waals surface area contributed by atoms with Crippen LogP contribution in [0.2, 0.25) is 0 Å².